The number of amides is 2. The molecule has 0 bridgehead atoms. The van der Waals surface area contributed by atoms with Gasteiger partial charge in [0.05, 0.1) is 24.4 Å². The summed E-state index contributed by atoms with van der Waals surface area (Å²) in [5.41, 5.74) is 3.49. The van der Waals surface area contributed by atoms with E-state index in [0.717, 1.165) is 47.2 Å². The second kappa shape index (κ2) is 17.0. The lowest BCUT2D eigenvalue weighted by Crippen LogP contribution is -2.39. The van der Waals surface area contributed by atoms with E-state index in [-0.39, 0.29) is 30.0 Å². The molecule has 0 aliphatic rings. The van der Waals surface area contributed by atoms with Crippen molar-refractivity contribution in [2.45, 2.75) is 33.1 Å². The maximum absolute atomic E-state index is 13.3. The Hall–Kier alpha value is -3.05. The zero-order chi connectivity index (χ0) is 29.6. The van der Waals surface area contributed by atoms with Gasteiger partial charge in [-0.15, -0.1) is 0 Å². The third-order valence-electron chi connectivity index (χ3n) is 6.65. The molecule has 0 unspecified atom stereocenters. The number of aromatic nitrogens is 1. The second-order valence-corrected chi connectivity index (χ2v) is 10.3. The van der Waals surface area contributed by atoms with E-state index in [1.807, 2.05) is 25.1 Å². The SMILES string of the molecule is CCc1c(C)n(C(=O)c2ccc(Cl)cc2)c2ccc(OCCCCNC(=O)CNCCNCCNC(=O)CS)cc12. The third kappa shape index (κ3) is 9.78. The van der Waals surface area contributed by atoms with Crippen LogP contribution in [-0.4, -0.2) is 73.9 Å². The van der Waals surface area contributed by atoms with E-state index in [2.05, 4.69) is 40.8 Å². The van der Waals surface area contributed by atoms with E-state index in [4.69, 9.17) is 16.3 Å². The number of hydrogen-bond donors (Lipinski definition) is 5. The Labute approximate surface area is 252 Å². The number of unbranched alkanes of at least 4 members (excludes halogenated alkanes) is 1. The molecular weight excluding hydrogens is 562 g/mol. The van der Waals surface area contributed by atoms with E-state index in [1.165, 1.54) is 0 Å². The number of benzene rings is 2. The molecule has 9 nitrogen and oxygen atoms in total. The lowest BCUT2D eigenvalue weighted by atomic mass is 10.1. The van der Waals surface area contributed by atoms with Gasteiger partial charge in [-0.25, -0.2) is 0 Å². The molecule has 222 valence electrons. The lowest BCUT2D eigenvalue weighted by Gasteiger charge is -2.10. The first-order valence-electron chi connectivity index (χ1n) is 14.0. The van der Waals surface area contributed by atoms with Crippen molar-refractivity contribution in [1.82, 2.24) is 25.8 Å². The van der Waals surface area contributed by atoms with Crippen molar-refractivity contribution in [3.8, 4) is 5.75 Å². The zero-order valence-corrected chi connectivity index (χ0v) is 25.4. The molecule has 3 aromatic rings. The number of nitrogens with zero attached hydrogens (tertiary/aromatic N) is 1. The van der Waals surface area contributed by atoms with Crippen LogP contribution in [0.25, 0.3) is 10.9 Å². The van der Waals surface area contributed by atoms with Crippen LogP contribution < -0.4 is 26.0 Å². The van der Waals surface area contributed by atoms with Gasteiger partial charge in [0.2, 0.25) is 11.8 Å². The molecule has 1 heterocycles. The Morgan fingerprint density at radius 1 is 0.902 bits per heavy atom. The molecule has 0 saturated heterocycles. The number of rotatable bonds is 17. The van der Waals surface area contributed by atoms with Gasteiger partial charge in [-0.1, -0.05) is 18.5 Å². The number of hydrogen-bond acceptors (Lipinski definition) is 7. The van der Waals surface area contributed by atoms with Crippen molar-refractivity contribution >= 4 is 52.9 Å². The fourth-order valence-corrected chi connectivity index (χ4v) is 4.78. The zero-order valence-electron chi connectivity index (χ0n) is 23.7. The fourth-order valence-electron chi connectivity index (χ4n) is 4.54. The van der Waals surface area contributed by atoms with Crippen molar-refractivity contribution in [2.24, 2.45) is 0 Å². The number of fused-ring (bicyclic) bond motifs is 1. The summed E-state index contributed by atoms with van der Waals surface area (Å²) in [6.07, 6.45) is 2.40. The number of aryl methyl sites for hydroxylation is 1. The topological polar surface area (TPSA) is 113 Å². The summed E-state index contributed by atoms with van der Waals surface area (Å²) in [5, 5.41) is 13.5. The van der Waals surface area contributed by atoms with Crippen LogP contribution in [0.4, 0.5) is 0 Å². The quantitative estimate of drug-likeness (QED) is 0.120. The van der Waals surface area contributed by atoms with Gasteiger partial charge in [0.1, 0.15) is 5.75 Å². The second-order valence-electron chi connectivity index (χ2n) is 9.58. The highest BCUT2D eigenvalue weighted by Gasteiger charge is 2.19. The highest BCUT2D eigenvalue weighted by Crippen LogP contribution is 2.31. The molecule has 2 amide bonds. The van der Waals surface area contributed by atoms with Gasteiger partial charge in [-0.3, -0.25) is 19.0 Å². The minimum atomic E-state index is -0.0883. The first kappa shape index (κ1) is 32.5. The number of thiol groups is 1. The molecule has 0 aliphatic heterocycles. The number of ether oxygens (including phenoxy) is 1. The number of halogens is 1. The number of nitrogens with one attached hydrogen (secondary N) is 4. The van der Waals surface area contributed by atoms with Crippen LogP contribution in [0.5, 0.6) is 5.75 Å². The van der Waals surface area contributed by atoms with Crippen molar-refractivity contribution < 1.29 is 19.1 Å². The summed E-state index contributed by atoms with van der Waals surface area (Å²) in [6, 6.07) is 12.8. The van der Waals surface area contributed by atoms with Crippen LogP contribution in [-0.2, 0) is 16.0 Å². The van der Waals surface area contributed by atoms with Crippen molar-refractivity contribution in [1.29, 1.82) is 0 Å². The smallest absolute Gasteiger partial charge is 0.262 e. The molecule has 2 aromatic carbocycles. The Kier molecular flexibility index (Phi) is 13.5. The predicted molar refractivity (Wildman–Crippen MR) is 168 cm³/mol. The highest BCUT2D eigenvalue weighted by molar-refractivity contribution is 7.81. The fraction of sp³-hybridized carbons (Fsp3) is 0.433. The normalized spacial score (nSPS) is 11.0. The lowest BCUT2D eigenvalue weighted by molar-refractivity contribution is -0.120. The van der Waals surface area contributed by atoms with Gasteiger partial charge in [0, 0.05) is 54.4 Å². The van der Waals surface area contributed by atoms with Gasteiger partial charge in [0.15, 0.2) is 0 Å². The first-order valence-corrected chi connectivity index (χ1v) is 15.0. The van der Waals surface area contributed by atoms with Crippen LogP contribution >= 0.6 is 24.2 Å². The van der Waals surface area contributed by atoms with Crippen LogP contribution in [0.15, 0.2) is 42.5 Å². The van der Waals surface area contributed by atoms with E-state index in [0.29, 0.717) is 49.9 Å². The Bertz CT molecular complexity index is 1310. The monoisotopic (exact) mass is 601 g/mol. The van der Waals surface area contributed by atoms with Crippen LogP contribution in [0.1, 0.15) is 41.4 Å². The number of carbonyl (C=O) groups is 3. The van der Waals surface area contributed by atoms with E-state index < -0.39 is 0 Å². The van der Waals surface area contributed by atoms with Gasteiger partial charge >= 0.3 is 0 Å². The number of carbonyl (C=O) groups excluding carboxylic acids is 3. The summed E-state index contributed by atoms with van der Waals surface area (Å²) >= 11 is 9.90. The molecule has 1 aromatic heterocycles. The van der Waals surface area contributed by atoms with Crippen LogP contribution in [0.2, 0.25) is 5.02 Å². The van der Waals surface area contributed by atoms with Gasteiger partial charge in [-0.05, 0) is 74.2 Å². The van der Waals surface area contributed by atoms with Crippen LogP contribution in [0.3, 0.4) is 0 Å². The van der Waals surface area contributed by atoms with E-state index in [9.17, 15) is 14.4 Å². The highest BCUT2D eigenvalue weighted by atomic mass is 35.5. The minimum absolute atomic E-state index is 0.0439. The van der Waals surface area contributed by atoms with E-state index in [1.54, 1.807) is 28.8 Å². The van der Waals surface area contributed by atoms with Gasteiger partial charge in [0.25, 0.3) is 5.91 Å². The van der Waals surface area contributed by atoms with Crippen molar-refractivity contribution in [3.05, 3.63) is 64.3 Å². The molecule has 0 fully saturated rings. The largest absolute Gasteiger partial charge is 0.494 e. The molecular formula is C30H40ClN5O4S. The average molecular weight is 602 g/mol. The minimum Gasteiger partial charge on any atom is -0.494 e. The molecule has 4 N–H and O–H groups in total. The molecule has 0 spiro atoms. The predicted octanol–water partition coefficient (Wildman–Crippen LogP) is 3.35. The summed E-state index contributed by atoms with van der Waals surface area (Å²) in [4.78, 5) is 36.4. The Morgan fingerprint density at radius 3 is 2.34 bits per heavy atom. The molecule has 0 saturated carbocycles. The maximum atomic E-state index is 13.3. The molecule has 3 rings (SSSR count). The average Bonchev–Trinajstić information content (AvgIpc) is 3.26. The van der Waals surface area contributed by atoms with Crippen molar-refractivity contribution in [2.75, 3.05) is 51.6 Å². The van der Waals surface area contributed by atoms with Crippen LogP contribution in [0, 0.1) is 6.92 Å². The maximum Gasteiger partial charge on any atom is 0.262 e. The van der Waals surface area contributed by atoms with Gasteiger partial charge in [-0.2, -0.15) is 12.6 Å². The molecule has 11 heteroatoms. The summed E-state index contributed by atoms with van der Waals surface area (Å²) in [7, 11) is 0. The molecule has 0 atom stereocenters. The van der Waals surface area contributed by atoms with Gasteiger partial charge < -0.3 is 26.0 Å². The first-order chi connectivity index (χ1) is 19.8. The third-order valence-corrected chi connectivity index (χ3v) is 7.19. The molecule has 0 aliphatic carbocycles. The summed E-state index contributed by atoms with van der Waals surface area (Å²) < 4.78 is 7.77. The Balaban J connectivity index is 1.37. The standard InChI is InChI=1S/C30H40ClN5O4S/c1-3-25-21(2)36(30(39)22-6-8-23(31)9-7-22)27-11-10-24(18-26(25)27)40-17-5-4-12-34-28(37)19-33-14-13-32-15-16-35-29(38)20-41/h6-11,18,32-33,41H,3-5,12-17,19-20H2,1-2H3,(H,34,37)(H,35,38). The molecule has 41 heavy (non-hydrogen) atoms. The van der Waals surface area contributed by atoms with Crippen molar-refractivity contribution in [3.63, 3.8) is 0 Å². The molecule has 0 radical (unpaired) electrons. The Morgan fingerprint density at radius 2 is 1.61 bits per heavy atom. The summed E-state index contributed by atoms with van der Waals surface area (Å²) in [5.74, 6) is 0.728. The van der Waals surface area contributed by atoms with E-state index >= 15 is 0 Å². The summed E-state index contributed by atoms with van der Waals surface area (Å²) in [6.45, 7) is 8.02.